The maximum atomic E-state index is 11.6. The first-order valence-corrected chi connectivity index (χ1v) is 6.41. The van der Waals surface area contributed by atoms with Crippen molar-refractivity contribution in [2.24, 2.45) is 5.92 Å². The molecule has 0 bridgehead atoms. The molecule has 5 nitrogen and oxygen atoms in total. The lowest BCUT2D eigenvalue weighted by atomic mass is 10.0. The molecule has 0 radical (unpaired) electrons. The molecule has 2 rings (SSSR count). The molecule has 1 aromatic heterocycles. The van der Waals surface area contributed by atoms with E-state index in [1.807, 2.05) is 0 Å². The van der Waals surface area contributed by atoms with Crippen molar-refractivity contribution >= 4 is 5.97 Å². The zero-order chi connectivity index (χ0) is 13.1. The second-order valence-electron chi connectivity index (χ2n) is 4.97. The topological polar surface area (TPSA) is 83.0 Å². The minimum absolute atomic E-state index is 0.250. The summed E-state index contributed by atoms with van der Waals surface area (Å²) in [5.41, 5.74) is -0.497. The van der Waals surface area contributed by atoms with Gasteiger partial charge in [-0.25, -0.2) is 9.78 Å². The fraction of sp³-hybridized carbons (Fsp3) is 0.615. The molecule has 0 amide bonds. The molecule has 0 unspecified atom stereocenters. The fourth-order valence-electron chi connectivity index (χ4n) is 2.65. The first-order chi connectivity index (χ1) is 8.58. The Morgan fingerprint density at radius 3 is 2.67 bits per heavy atom. The summed E-state index contributed by atoms with van der Waals surface area (Å²) in [6.07, 6.45) is 6.86. The van der Waals surface area contributed by atoms with Crippen molar-refractivity contribution in [2.45, 2.75) is 45.4 Å². The average molecular weight is 250 g/mol. The maximum Gasteiger partial charge on any atom is 0.343 e. The van der Waals surface area contributed by atoms with Crippen LogP contribution in [0.15, 0.2) is 4.79 Å². The molecule has 5 heteroatoms. The van der Waals surface area contributed by atoms with Crippen LogP contribution in [0, 0.1) is 12.8 Å². The number of aromatic amines is 1. The Bertz CT molecular complexity index is 501. The summed E-state index contributed by atoms with van der Waals surface area (Å²) >= 11 is 0. The van der Waals surface area contributed by atoms with Crippen LogP contribution in [0.3, 0.4) is 0 Å². The molecule has 1 aromatic rings. The van der Waals surface area contributed by atoms with Crippen LogP contribution >= 0.6 is 0 Å². The van der Waals surface area contributed by atoms with Gasteiger partial charge in [0.15, 0.2) is 0 Å². The van der Waals surface area contributed by atoms with Crippen molar-refractivity contribution < 1.29 is 9.90 Å². The second-order valence-corrected chi connectivity index (χ2v) is 4.97. The molecule has 98 valence electrons. The SMILES string of the molecule is Cc1nc(CCC2CCCC2)[nH]c(=O)c1C(=O)O. The monoisotopic (exact) mass is 250 g/mol. The molecule has 0 aliphatic heterocycles. The molecule has 1 heterocycles. The van der Waals surface area contributed by atoms with E-state index < -0.39 is 11.5 Å². The van der Waals surface area contributed by atoms with E-state index in [1.165, 1.54) is 25.7 Å². The summed E-state index contributed by atoms with van der Waals surface area (Å²) in [6.45, 7) is 1.57. The van der Waals surface area contributed by atoms with Gasteiger partial charge in [-0.1, -0.05) is 25.7 Å². The third-order valence-electron chi connectivity index (χ3n) is 3.63. The highest BCUT2D eigenvalue weighted by Gasteiger charge is 2.17. The quantitative estimate of drug-likeness (QED) is 0.854. The molecule has 18 heavy (non-hydrogen) atoms. The summed E-state index contributed by atoms with van der Waals surface area (Å²) in [5.74, 6) is 0.118. The van der Waals surface area contributed by atoms with Crippen molar-refractivity contribution in [2.75, 3.05) is 0 Å². The molecular formula is C13H18N2O3. The number of carboxylic acid groups (broad SMARTS) is 1. The molecule has 1 saturated carbocycles. The maximum absolute atomic E-state index is 11.6. The standard InChI is InChI=1S/C13H18N2O3/c1-8-11(13(17)18)12(16)15-10(14-8)7-6-9-4-2-3-5-9/h9H,2-7H2,1H3,(H,17,18)(H,14,15,16). The highest BCUT2D eigenvalue weighted by molar-refractivity contribution is 5.88. The fourth-order valence-corrected chi connectivity index (χ4v) is 2.65. The molecule has 2 N–H and O–H groups in total. The smallest absolute Gasteiger partial charge is 0.343 e. The first kappa shape index (κ1) is 12.8. The van der Waals surface area contributed by atoms with Gasteiger partial charge in [-0.15, -0.1) is 0 Å². The van der Waals surface area contributed by atoms with Crippen LogP contribution in [0.25, 0.3) is 0 Å². The number of aromatic nitrogens is 2. The van der Waals surface area contributed by atoms with E-state index in [-0.39, 0.29) is 5.56 Å². The lowest BCUT2D eigenvalue weighted by molar-refractivity contribution is 0.0693. The minimum atomic E-state index is -1.22. The van der Waals surface area contributed by atoms with E-state index >= 15 is 0 Å². The number of rotatable bonds is 4. The van der Waals surface area contributed by atoms with Gasteiger partial charge >= 0.3 is 5.97 Å². The summed E-state index contributed by atoms with van der Waals surface area (Å²) < 4.78 is 0. The Morgan fingerprint density at radius 1 is 1.44 bits per heavy atom. The molecule has 0 atom stereocenters. The summed E-state index contributed by atoms with van der Waals surface area (Å²) in [7, 11) is 0. The van der Waals surface area contributed by atoms with E-state index in [0.29, 0.717) is 11.5 Å². The van der Waals surface area contributed by atoms with Crippen LogP contribution in [0.2, 0.25) is 0 Å². The van der Waals surface area contributed by atoms with E-state index in [0.717, 1.165) is 18.8 Å². The predicted molar refractivity (Wildman–Crippen MR) is 66.8 cm³/mol. The van der Waals surface area contributed by atoms with Gasteiger partial charge in [0.25, 0.3) is 5.56 Å². The van der Waals surface area contributed by atoms with Gasteiger partial charge in [0, 0.05) is 6.42 Å². The van der Waals surface area contributed by atoms with Gasteiger partial charge in [0.2, 0.25) is 0 Å². The highest BCUT2D eigenvalue weighted by atomic mass is 16.4. The van der Waals surface area contributed by atoms with E-state index in [9.17, 15) is 9.59 Å². The predicted octanol–water partition coefficient (Wildman–Crippen LogP) is 1.90. The van der Waals surface area contributed by atoms with E-state index in [4.69, 9.17) is 5.11 Å². The number of H-pyrrole nitrogens is 1. The molecule has 0 aromatic carbocycles. The summed E-state index contributed by atoms with van der Waals surface area (Å²) in [5, 5.41) is 8.88. The van der Waals surface area contributed by atoms with Gasteiger partial charge in [0.05, 0.1) is 5.69 Å². The molecule has 0 spiro atoms. The first-order valence-electron chi connectivity index (χ1n) is 6.41. The van der Waals surface area contributed by atoms with Gasteiger partial charge in [-0.05, 0) is 19.3 Å². The van der Waals surface area contributed by atoms with E-state index in [1.54, 1.807) is 6.92 Å². The highest BCUT2D eigenvalue weighted by Crippen LogP contribution is 2.28. The third-order valence-corrected chi connectivity index (χ3v) is 3.63. The second kappa shape index (κ2) is 5.33. The number of aromatic carboxylic acids is 1. The Hall–Kier alpha value is -1.65. The molecule has 1 aliphatic rings. The van der Waals surface area contributed by atoms with Gasteiger partial charge < -0.3 is 10.1 Å². The lowest BCUT2D eigenvalue weighted by Crippen LogP contribution is -2.23. The van der Waals surface area contributed by atoms with Crippen LogP contribution in [-0.4, -0.2) is 21.0 Å². The Kier molecular flexibility index (Phi) is 3.79. The third kappa shape index (κ3) is 2.78. The molecule has 0 saturated heterocycles. The largest absolute Gasteiger partial charge is 0.477 e. The van der Waals surface area contributed by atoms with Gasteiger partial charge in [-0.2, -0.15) is 0 Å². The number of hydrogen-bond acceptors (Lipinski definition) is 3. The van der Waals surface area contributed by atoms with Crippen LogP contribution in [0.1, 0.15) is 54.0 Å². The molecule has 1 aliphatic carbocycles. The number of hydrogen-bond donors (Lipinski definition) is 2. The minimum Gasteiger partial charge on any atom is -0.477 e. The van der Waals surface area contributed by atoms with Crippen molar-refractivity contribution in [3.05, 3.63) is 27.4 Å². The number of nitrogens with zero attached hydrogens (tertiary/aromatic N) is 1. The Labute approximate surface area is 105 Å². The molecule has 1 fully saturated rings. The molecular weight excluding hydrogens is 232 g/mol. The number of nitrogens with one attached hydrogen (secondary N) is 1. The zero-order valence-electron chi connectivity index (χ0n) is 10.5. The van der Waals surface area contributed by atoms with Gasteiger partial charge in [0.1, 0.15) is 11.4 Å². The average Bonchev–Trinajstić information content (AvgIpc) is 2.77. The number of aryl methyl sites for hydroxylation is 2. The lowest BCUT2D eigenvalue weighted by Gasteiger charge is -2.08. The normalized spacial score (nSPS) is 16.1. The van der Waals surface area contributed by atoms with Crippen LogP contribution < -0.4 is 5.56 Å². The van der Waals surface area contributed by atoms with Crippen LogP contribution in [0.5, 0.6) is 0 Å². The van der Waals surface area contributed by atoms with Gasteiger partial charge in [-0.3, -0.25) is 4.79 Å². The van der Waals surface area contributed by atoms with Crippen LogP contribution in [-0.2, 0) is 6.42 Å². The van der Waals surface area contributed by atoms with Crippen molar-refractivity contribution in [1.29, 1.82) is 0 Å². The van der Waals surface area contributed by atoms with Crippen molar-refractivity contribution in [3.8, 4) is 0 Å². The number of carboxylic acids is 1. The van der Waals surface area contributed by atoms with Crippen molar-refractivity contribution in [3.63, 3.8) is 0 Å². The Morgan fingerprint density at radius 2 is 2.11 bits per heavy atom. The zero-order valence-corrected chi connectivity index (χ0v) is 10.5. The van der Waals surface area contributed by atoms with Crippen LogP contribution in [0.4, 0.5) is 0 Å². The van der Waals surface area contributed by atoms with E-state index in [2.05, 4.69) is 9.97 Å². The van der Waals surface area contributed by atoms with Crippen molar-refractivity contribution in [1.82, 2.24) is 9.97 Å². The Balaban J connectivity index is 2.10. The number of carbonyl (C=O) groups is 1. The summed E-state index contributed by atoms with van der Waals surface area (Å²) in [6, 6.07) is 0. The summed E-state index contributed by atoms with van der Waals surface area (Å²) in [4.78, 5) is 29.2.